The number of hydrogen-bond acceptors (Lipinski definition) is 6. The normalized spacial score (nSPS) is 16.2. The highest BCUT2D eigenvalue weighted by molar-refractivity contribution is 5.93. The highest BCUT2D eigenvalue weighted by atomic mass is 16.2. The number of nitrogens with zero attached hydrogens (tertiary/aromatic N) is 6. The van der Waals surface area contributed by atoms with Crippen molar-refractivity contribution in [2.24, 2.45) is 7.05 Å². The van der Waals surface area contributed by atoms with Crippen LogP contribution < -0.4 is 5.32 Å². The van der Waals surface area contributed by atoms with Crippen molar-refractivity contribution in [1.82, 2.24) is 29.5 Å². The van der Waals surface area contributed by atoms with Gasteiger partial charge in [-0.05, 0) is 38.7 Å². The van der Waals surface area contributed by atoms with Gasteiger partial charge in [-0.25, -0.2) is 4.98 Å². The molecule has 146 valence electrons. The maximum absolute atomic E-state index is 12.5. The van der Waals surface area contributed by atoms with Crippen LogP contribution in [-0.2, 0) is 11.8 Å². The quantitative estimate of drug-likeness (QED) is 0.742. The van der Waals surface area contributed by atoms with Crippen molar-refractivity contribution < 1.29 is 4.79 Å². The van der Waals surface area contributed by atoms with Crippen molar-refractivity contribution in [3.05, 3.63) is 36.9 Å². The van der Waals surface area contributed by atoms with Crippen LogP contribution in [0.2, 0.25) is 0 Å². The summed E-state index contributed by atoms with van der Waals surface area (Å²) in [5, 5.41) is 8.07. The van der Waals surface area contributed by atoms with Gasteiger partial charge in [0.1, 0.15) is 5.82 Å². The number of likely N-dealkylation sites (N-methyl/N-ethyl adjacent to an activating group) is 1. The van der Waals surface area contributed by atoms with Gasteiger partial charge in [-0.15, -0.1) is 0 Å². The zero-order valence-electron chi connectivity index (χ0n) is 16.3. The number of hydrogen-bond donors (Lipinski definition) is 1. The molecule has 28 heavy (non-hydrogen) atoms. The maximum Gasteiger partial charge on any atom is 0.239 e. The molecule has 0 saturated carbocycles. The minimum absolute atomic E-state index is 0.0345. The lowest BCUT2D eigenvalue weighted by molar-refractivity contribution is -0.117. The number of fused-ring (bicyclic) bond motifs is 1. The van der Waals surface area contributed by atoms with E-state index in [1.165, 1.54) is 0 Å². The second kappa shape index (κ2) is 8.04. The summed E-state index contributed by atoms with van der Waals surface area (Å²) >= 11 is 0. The van der Waals surface area contributed by atoms with E-state index in [0.717, 1.165) is 54.6 Å². The van der Waals surface area contributed by atoms with Gasteiger partial charge in [0, 0.05) is 49.0 Å². The van der Waals surface area contributed by atoms with Crippen LogP contribution >= 0.6 is 0 Å². The Hall–Kier alpha value is -2.84. The predicted molar refractivity (Wildman–Crippen MR) is 109 cm³/mol. The molecule has 3 aromatic heterocycles. The van der Waals surface area contributed by atoms with E-state index in [-0.39, 0.29) is 5.91 Å². The number of carbonyl (C=O) groups excluding carboxylic acids is 1. The monoisotopic (exact) mass is 379 g/mol. The Morgan fingerprint density at radius 2 is 1.93 bits per heavy atom. The smallest absolute Gasteiger partial charge is 0.239 e. The molecule has 0 radical (unpaired) electrons. The number of nitrogens with one attached hydrogen (secondary N) is 1. The number of rotatable bonds is 4. The average Bonchev–Trinajstić information content (AvgIpc) is 3.01. The summed E-state index contributed by atoms with van der Waals surface area (Å²) in [7, 11) is 4.01. The maximum atomic E-state index is 12.5. The third-order valence-electron chi connectivity index (χ3n) is 5.05. The van der Waals surface area contributed by atoms with E-state index in [1.54, 1.807) is 10.9 Å². The minimum atomic E-state index is -0.0345. The molecule has 0 aliphatic carbocycles. The summed E-state index contributed by atoms with van der Waals surface area (Å²) in [5.41, 5.74) is 2.78. The van der Waals surface area contributed by atoms with E-state index in [4.69, 9.17) is 0 Å². The molecule has 4 rings (SSSR count). The zero-order valence-corrected chi connectivity index (χ0v) is 16.3. The zero-order chi connectivity index (χ0) is 19.5. The van der Waals surface area contributed by atoms with Crippen LogP contribution in [0.1, 0.15) is 6.42 Å². The van der Waals surface area contributed by atoms with Crippen molar-refractivity contribution in [2.45, 2.75) is 6.42 Å². The topological polar surface area (TPSA) is 79.2 Å². The van der Waals surface area contributed by atoms with Gasteiger partial charge in [0.2, 0.25) is 5.91 Å². The van der Waals surface area contributed by atoms with Gasteiger partial charge in [-0.3, -0.25) is 19.4 Å². The molecule has 0 bridgehead atoms. The summed E-state index contributed by atoms with van der Waals surface area (Å²) in [5.74, 6) is 0.516. The molecule has 1 saturated heterocycles. The Bertz CT molecular complexity index is 984. The Kier molecular flexibility index (Phi) is 5.31. The first-order valence-electron chi connectivity index (χ1n) is 9.52. The third-order valence-corrected chi connectivity index (χ3v) is 5.05. The highest BCUT2D eigenvalue weighted by Gasteiger charge is 2.15. The molecule has 1 aliphatic rings. The molecule has 8 nitrogen and oxygen atoms in total. The van der Waals surface area contributed by atoms with Crippen molar-refractivity contribution >= 4 is 22.6 Å². The first kappa shape index (κ1) is 18.5. The van der Waals surface area contributed by atoms with E-state index < -0.39 is 0 Å². The largest absolute Gasteiger partial charge is 0.310 e. The SMILES string of the molecule is CN1CCCN(CC(=O)Nc2cc3cc(-c4cnn(C)c4)cnc3cn2)CC1. The molecule has 0 unspecified atom stereocenters. The number of anilines is 1. The van der Waals surface area contributed by atoms with E-state index in [9.17, 15) is 4.79 Å². The number of aromatic nitrogens is 4. The Morgan fingerprint density at radius 1 is 1.04 bits per heavy atom. The van der Waals surface area contributed by atoms with Crippen LogP contribution in [0.5, 0.6) is 0 Å². The van der Waals surface area contributed by atoms with Crippen molar-refractivity contribution in [2.75, 3.05) is 45.1 Å². The van der Waals surface area contributed by atoms with Crippen molar-refractivity contribution in [3.63, 3.8) is 0 Å². The van der Waals surface area contributed by atoms with E-state index in [2.05, 4.69) is 37.2 Å². The fourth-order valence-electron chi connectivity index (χ4n) is 3.47. The highest BCUT2D eigenvalue weighted by Crippen LogP contribution is 2.23. The van der Waals surface area contributed by atoms with Gasteiger partial charge in [0.15, 0.2) is 0 Å². The molecule has 4 heterocycles. The standard InChI is InChI=1S/C20H25N7O/c1-25-4-3-5-27(7-6-25)14-20(28)24-19-9-15-8-16(10-21-18(15)12-22-19)17-11-23-26(2)13-17/h8-13H,3-7,14H2,1-2H3,(H,22,24,28). The lowest BCUT2D eigenvalue weighted by Crippen LogP contribution is -2.36. The Morgan fingerprint density at radius 3 is 2.75 bits per heavy atom. The van der Waals surface area contributed by atoms with Crippen LogP contribution in [0.15, 0.2) is 36.9 Å². The molecule has 1 amide bonds. The van der Waals surface area contributed by atoms with Crippen LogP contribution in [0.4, 0.5) is 5.82 Å². The molecule has 3 aromatic rings. The van der Waals surface area contributed by atoms with Crippen LogP contribution in [0.3, 0.4) is 0 Å². The van der Waals surface area contributed by atoms with Gasteiger partial charge in [0.25, 0.3) is 0 Å². The van der Waals surface area contributed by atoms with Crippen molar-refractivity contribution in [3.8, 4) is 11.1 Å². The molecule has 1 aliphatic heterocycles. The van der Waals surface area contributed by atoms with Gasteiger partial charge in [-0.2, -0.15) is 5.10 Å². The van der Waals surface area contributed by atoms with E-state index in [0.29, 0.717) is 12.4 Å². The molecule has 1 N–H and O–H groups in total. The first-order valence-corrected chi connectivity index (χ1v) is 9.52. The van der Waals surface area contributed by atoms with Gasteiger partial charge >= 0.3 is 0 Å². The molecule has 8 heteroatoms. The number of aryl methyl sites for hydroxylation is 1. The summed E-state index contributed by atoms with van der Waals surface area (Å²) in [6, 6.07) is 3.91. The van der Waals surface area contributed by atoms with Crippen LogP contribution in [0, 0.1) is 0 Å². The Labute approximate surface area is 164 Å². The second-order valence-electron chi connectivity index (χ2n) is 7.37. The fraction of sp³-hybridized carbons (Fsp3) is 0.400. The summed E-state index contributed by atoms with van der Waals surface area (Å²) in [6.45, 7) is 4.32. The van der Waals surface area contributed by atoms with Gasteiger partial charge in [-0.1, -0.05) is 0 Å². The van der Waals surface area contributed by atoms with Crippen LogP contribution in [0.25, 0.3) is 22.0 Å². The number of pyridine rings is 2. The second-order valence-corrected chi connectivity index (χ2v) is 7.37. The summed E-state index contributed by atoms with van der Waals surface area (Å²) < 4.78 is 1.76. The van der Waals surface area contributed by atoms with Gasteiger partial charge < -0.3 is 10.2 Å². The third kappa shape index (κ3) is 4.35. The molecule has 0 atom stereocenters. The average molecular weight is 379 g/mol. The summed E-state index contributed by atoms with van der Waals surface area (Å²) in [4.78, 5) is 25.8. The van der Waals surface area contributed by atoms with E-state index in [1.807, 2.05) is 37.8 Å². The fourth-order valence-corrected chi connectivity index (χ4v) is 3.47. The number of carbonyl (C=O) groups is 1. The lowest BCUT2D eigenvalue weighted by Gasteiger charge is -2.19. The molecule has 0 spiro atoms. The van der Waals surface area contributed by atoms with Crippen molar-refractivity contribution in [1.29, 1.82) is 0 Å². The summed E-state index contributed by atoms with van der Waals surface area (Å²) in [6.07, 6.45) is 8.35. The van der Waals surface area contributed by atoms with Crippen LogP contribution in [-0.4, -0.2) is 75.2 Å². The minimum Gasteiger partial charge on any atom is -0.310 e. The number of amides is 1. The van der Waals surface area contributed by atoms with Gasteiger partial charge in [0.05, 0.1) is 24.5 Å². The van der Waals surface area contributed by atoms with E-state index >= 15 is 0 Å². The molecule has 0 aromatic carbocycles. The lowest BCUT2D eigenvalue weighted by atomic mass is 10.1. The Balaban J connectivity index is 1.46. The predicted octanol–water partition coefficient (Wildman–Crippen LogP) is 1.61. The first-order chi connectivity index (χ1) is 13.6. The molecule has 1 fully saturated rings. The molecular weight excluding hydrogens is 354 g/mol. The molecular formula is C20H25N7O.